The molecule has 1 atom stereocenters. The van der Waals surface area contributed by atoms with Gasteiger partial charge in [-0.15, -0.1) is 0 Å². The Morgan fingerprint density at radius 3 is 1.96 bits per heavy atom. The van der Waals surface area contributed by atoms with Crippen molar-refractivity contribution >= 4 is 11.9 Å². The van der Waals surface area contributed by atoms with E-state index < -0.39 is 0 Å². The van der Waals surface area contributed by atoms with E-state index in [-0.39, 0.29) is 11.9 Å². The van der Waals surface area contributed by atoms with Crippen LogP contribution in [0.3, 0.4) is 0 Å². The Labute approximate surface area is 173 Å². The second-order valence-corrected chi connectivity index (χ2v) is 7.69. The van der Waals surface area contributed by atoms with Crippen LogP contribution >= 0.6 is 0 Å². The maximum atomic E-state index is 11.7. The normalized spacial score (nSPS) is 12.1. The minimum Gasteiger partial charge on any atom is -0.354 e. The number of nitrogens with one attached hydrogen (secondary N) is 3. The van der Waals surface area contributed by atoms with Gasteiger partial charge >= 0.3 is 6.03 Å². The van der Waals surface area contributed by atoms with E-state index >= 15 is 0 Å². The highest BCUT2D eigenvalue weighted by Gasteiger charge is 2.04. The molecule has 0 aromatic rings. The number of carbonyl (C=O) groups excluding carboxylic acids is 2. The van der Waals surface area contributed by atoms with Crippen LogP contribution in [-0.4, -0.2) is 31.1 Å². The quantitative estimate of drug-likeness (QED) is 0.213. The largest absolute Gasteiger partial charge is 0.354 e. The SMILES string of the molecule is CCCCCNC(=O)NCCCC/C=C\CCCCCCC(=O)NC(C)CC. The zero-order chi connectivity index (χ0) is 20.9. The first kappa shape index (κ1) is 26.5. The van der Waals surface area contributed by atoms with Crippen LogP contribution in [0.5, 0.6) is 0 Å². The van der Waals surface area contributed by atoms with E-state index in [4.69, 9.17) is 0 Å². The van der Waals surface area contributed by atoms with E-state index in [0.717, 1.165) is 64.5 Å². The van der Waals surface area contributed by atoms with Crippen molar-refractivity contribution in [2.24, 2.45) is 0 Å². The molecule has 0 saturated heterocycles. The smallest absolute Gasteiger partial charge is 0.314 e. The number of amides is 3. The van der Waals surface area contributed by atoms with Gasteiger partial charge < -0.3 is 16.0 Å². The van der Waals surface area contributed by atoms with Crippen LogP contribution in [0.4, 0.5) is 4.79 Å². The molecule has 0 spiro atoms. The van der Waals surface area contributed by atoms with Gasteiger partial charge in [0.05, 0.1) is 0 Å². The van der Waals surface area contributed by atoms with Gasteiger partial charge in [-0.2, -0.15) is 0 Å². The van der Waals surface area contributed by atoms with E-state index in [2.05, 4.69) is 41.9 Å². The Morgan fingerprint density at radius 2 is 1.36 bits per heavy atom. The van der Waals surface area contributed by atoms with Gasteiger partial charge in [-0.1, -0.05) is 51.7 Å². The summed E-state index contributed by atoms with van der Waals surface area (Å²) in [5, 5.41) is 8.81. The Kier molecular flexibility index (Phi) is 19.1. The van der Waals surface area contributed by atoms with Gasteiger partial charge in [0.2, 0.25) is 5.91 Å². The average molecular weight is 396 g/mol. The van der Waals surface area contributed by atoms with Crippen LogP contribution in [-0.2, 0) is 4.79 Å². The Balaban J connectivity index is 3.32. The summed E-state index contributed by atoms with van der Waals surface area (Å²) >= 11 is 0. The third-order valence-corrected chi connectivity index (χ3v) is 4.86. The Hall–Kier alpha value is -1.52. The van der Waals surface area contributed by atoms with Crippen molar-refractivity contribution in [3.8, 4) is 0 Å². The average Bonchev–Trinajstić information content (AvgIpc) is 2.68. The van der Waals surface area contributed by atoms with Crippen LogP contribution in [0.2, 0.25) is 0 Å². The fourth-order valence-corrected chi connectivity index (χ4v) is 2.81. The van der Waals surface area contributed by atoms with Crippen molar-refractivity contribution in [3.63, 3.8) is 0 Å². The number of urea groups is 1. The van der Waals surface area contributed by atoms with Crippen LogP contribution in [0.1, 0.15) is 104 Å². The molecule has 0 aliphatic heterocycles. The summed E-state index contributed by atoms with van der Waals surface area (Å²) in [5.74, 6) is 0.192. The van der Waals surface area contributed by atoms with Crippen LogP contribution in [0.15, 0.2) is 12.2 Å². The fourth-order valence-electron chi connectivity index (χ4n) is 2.81. The van der Waals surface area contributed by atoms with Gasteiger partial charge in [-0.05, 0) is 58.3 Å². The summed E-state index contributed by atoms with van der Waals surface area (Å²) in [4.78, 5) is 23.2. The molecule has 0 saturated carbocycles. The minimum absolute atomic E-state index is 0.0380. The maximum absolute atomic E-state index is 11.7. The maximum Gasteiger partial charge on any atom is 0.314 e. The number of unbranched alkanes of at least 4 members (excludes halogenated alkanes) is 8. The van der Waals surface area contributed by atoms with Crippen molar-refractivity contribution in [1.29, 1.82) is 0 Å². The van der Waals surface area contributed by atoms with Gasteiger partial charge in [0.1, 0.15) is 0 Å². The Bertz CT molecular complexity index is 411. The van der Waals surface area contributed by atoms with Crippen LogP contribution < -0.4 is 16.0 Å². The molecular weight excluding hydrogens is 350 g/mol. The zero-order valence-electron chi connectivity index (χ0n) is 18.7. The first-order chi connectivity index (χ1) is 13.6. The highest BCUT2D eigenvalue weighted by molar-refractivity contribution is 5.76. The lowest BCUT2D eigenvalue weighted by atomic mass is 10.1. The standard InChI is InChI=1S/C23H45N3O2/c1-4-6-16-19-24-23(28)25-20-17-14-12-10-8-7-9-11-13-15-18-22(27)26-21(3)5-2/h8,10,21H,4-7,9,11-20H2,1-3H3,(H,26,27)(H2,24,25,28)/b10-8-. The van der Waals surface area contributed by atoms with Gasteiger partial charge in [0, 0.05) is 25.6 Å². The van der Waals surface area contributed by atoms with Crippen molar-refractivity contribution in [3.05, 3.63) is 12.2 Å². The zero-order valence-corrected chi connectivity index (χ0v) is 18.7. The summed E-state index contributed by atoms with van der Waals surface area (Å²) < 4.78 is 0. The molecule has 1 unspecified atom stereocenters. The summed E-state index contributed by atoms with van der Waals surface area (Å²) in [6.45, 7) is 7.81. The molecule has 0 fully saturated rings. The first-order valence-electron chi connectivity index (χ1n) is 11.6. The molecule has 0 aromatic carbocycles. The van der Waals surface area contributed by atoms with E-state index in [0.29, 0.717) is 12.5 Å². The number of hydrogen-bond acceptors (Lipinski definition) is 2. The predicted molar refractivity (Wildman–Crippen MR) is 120 cm³/mol. The van der Waals surface area contributed by atoms with Crippen molar-refractivity contribution in [2.45, 2.75) is 110 Å². The number of hydrogen-bond donors (Lipinski definition) is 3. The Morgan fingerprint density at radius 1 is 0.786 bits per heavy atom. The minimum atomic E-state index is -0.0380. The molecule has 5 heteroatoms. The summed E-state index contributed by atoms with van der Waals surface area (Å²) in [5.41, 5.74) is 0. The second kappa shape index (κ2) is 20.2. The van der Waals surface area contributed by atoms with E-state index in [1.807, 2.05) is 6.92 Å². The third-order valence-electron chi connectivity index (χ3n) is 4.86. The topological polar surface area (TPSA) is 70.2 Å². The highest BCUT2D eigenvalue weighted by atomic mass is 16.2. The van der Waals surface area contributed by atoms with E-state index in [1.165, 1.54) is 25.7 Å². The van der Waals surface area contributed by atoms with Crippen LogP contribution in [0, 0.1) is 0 Å². The van der Waals surface area contributed by atoms with Crippen LogP contribution in [0.25, 0.3) is 0 Å². The number of allylic oxidation sites excluding steroid dienone is 2. The summed E-state index contributed by atoms with van der Waals surface area (Å²) in [6, 6.07) is 0.255. The summed E-state index contributed by atoms with van der Waals surface area (Å²) in [7, 11) is 0. The van der Waals surface area contributed by atoms with Gasteiger partial charge in [0.25, 0.3) is 0 Å². The predicted octanol–water partition coefficient (Wildman–Crippen LogP) is 5.46. The summed E-state index contributed by atoms with van der Waals surface area (Å²) in [6.07, 6.45) is 18.4. The van der Waals surface area contributed by atoms with Crippen molar-refractivity contribution < 1.29 is 9.59 Å². The lowest BCUT2D eigenvalue weighted by Crippen LogP contribution is -2.36. The number of carbonyl (C=O) groups is 2. The van der Waals surface area contributed by atoms with Gasteiger partial charge in [-0.3, -0.25) is 4.79 Å². The molecule has 0 radical (unpaired) electrons. The van der Waals surface area contributed by atoms with Crippen molar-refractivity contribution in [2.75, 3.05) is 13.1 Å². The molecule has 164 valence electrons. The van der Waals surface area contributed by atoms with Gasteiger partial charge in [0.15, 0.2) is 0 Å². The molecule has 0 aliphatic carbocycles. The fraction of sp³-hybridized carbons (Fsp3) is 0.826. The molecule has 3 N–H and O–H groups in total. The van der Waals surface area contributed by atoms with Gasteiger partial charge in [-0.25, -0.2) is 4.79 Å². The lowest BCUT2D eigenvalue weighted by Gasteiger charge is -2.10. The third kappa shape index (κ3) is 19.2. The lowest BCUT2D eigenvalue weighted by molar-refractivity contribution is -0.121. The molecule has 0 aliphatic rings. The molecule has 0 bridgehead atoms. The molecular formula is C23H45N3O2. The molecule has 0 aromatic heterocycles. The molecule has 3 amide bonds. The molecule has 0 rings (SSSR count). The first-order valence-corrected chi connectivity index (χ1v) is 11.6. The van der Waals surface area contributed by atoms with E-state index in [1.54, 1.807) is 0 Å². The molecule has 28 heavy (non-hydrogen) atoms. The van der Waals surface area contributed by atoms with E-state index in [9.17, 15) is 9.59 Å². The number of rotatable bonds is 18. The van der Waals surface area contributed by atoms with Crippen molar-refractivity contribution in [1.82, 2.24) is 16.0 Å². The second-order valence-electron chi connectivity index (χ2n) is 7.69. The highest BCUT2D eigenvalue weighted by Crippen LogP contribution is 2.07. The molecule has 5 nitrogen and oxygen atoms in total. The molecule has 0 heterocycles. The monoisotopic (exact) mass is 395 g/mol.